The summed E-state index contributed by atoms with van der Waals surface area (Å²) in [4.78, 5) is 0. The van der Waals surface area contributed by atoms with E-state index in [4.69, 9.17) is 17.9 Å². The van der Waals surface area contributed by atoms with Crippen LogP contribution >= 0.6 is 949 Å². The van der Waals surface area contributed by atoms with E-state index in [0.29, 0.717) is 0 Å². The van der Waals surface area contributed by atoms with Crippen molar-refractivity contribution in [3.05, 3.63) is 0 Å². The van der Waals surface area contributed by atoms with Gasteiger partial charge in [-0.3, -0.25) is 0 Å². The fraction of sp³-hybridized carbons (Fsp3) is 0. The predicted octanol–water partition coefficient (Wildman–Crippen LogP) is 70.6. The molecule has 66 unspecified atom stereocenters. The molecule has 0 amide bonds. The molecule has 0 fully saturated rings. The monoisotopic (exact) mass is 3810 g/mol. The molecule has 2 radical (unpaired) electrons. The van der Waals surface area contributed by atoms with Gasteiger partial charge in [0.25, 0.3) is 0 Å². The third-order valence-electron chi connectivity index (χ3n) is 10.6. The second-order valence-corrected chi connectivity index (χ2v) is 512. The minimum Gasteiger partial charge on any atom is -0.102 e. The van der Waals surface area contributed by atoms with Gasteiger partial charge in [0.2, 0.25) is 0 Å². The Balaban J connectivity index is 16.5. The van der Waals surface area contributed by atoms with Crippen molar-refractivity contribution in [3.8, 4) is 0 Å². The van der Waals surface area contributed by atoms with E-state index in [2.05, 4.69) is 518 Å². The lowest BCUT2D eigenvalue weighted by Crippen LogP contribution is -1.78. The Morgan fingerprint density at radius 3 is 0.235 bits per heavy atom. The Hall–Kier alpha value is 51.2. The van der Waals surface area contributed by atoms with Crippen molar-refractivity contribution in [2.75, 3.05) is 0 Å². The molecule has 66 atom stereocenters. The second kappa shape index (κ2) is 93.5. The lowest BCUT2D eigenvalue weighted by atomic mass is 28.3. The minimum atomic E-state index is -0.820. The van der Waals surface area contributed by atoms with Crippen molar-refractivity contribution in [2.45, 2.75) is 0 Å². The molecular formula is H119P119. The van der Waals surface area contributed by atoms with Crippen molar-refractivity contribution in [2.24, 2.45) is 0 Å². The smallest absolute Gasteiger partial charge is 0.000000178 e. The normalized spacial score (nSPS) is 15.8. The van der Waals surface area contributed by atoms with Crippen LogP contribution in [0, 0.1) is 0 Å². The first kappa shape index (κ1) is 170. The van der Waals surface area contributed by atoms with E-state index >= 15 is 0 Å². The SMILES string of the molecule is [PH]PP(P)P(P(P)P)P(P(P(P([PH])P)P(P)P)P(P(P)P)P(P)P)P(P(P(P(P(P)P)P(P)P)P(P(P)P)P(P)P)P(P(P(P)P)P(P)P)P(P(P)P)P(P)P)P(P(P(P(P(P)P)P(P)P)P(P(P)P)P(P)P)P(P(P(P)P)P(P)P)P(P(P)P)P(P)P)P(P(P(P(P)P)P(P)P)P(P(P)P)P(P)P)P(P(P(P)P)P(P)P)P(P(P)P)P(P)P. The third kappa shape index (κ3) is 59.8. The first-order valence-corrected chi connectivity index (χ1v) is 244. The van der Waals surface area contributed by atoms with E-state index in [1.165, 1.54) is 0 Å². The summed E-state index contributed by atoms with van der Waals surface area (Å²) in [7, 11) is 237. The van der Waals surface area contributed by atoms with Crippen LogP contribution in [0.25, 0.3) is 0 Å². The first-order chi connectivity index (χ1) is 54.2. The maximum Gasteiger partial charge on any atom is -0.000000178 e. The van der Waals surface area contributed by atoms with E-state index in [1.54, 1.807) is 0 Å². The highest BCUT2D eigenvalue weighted by Gasteiger charge is 2.70. The van der Waals surface area contributed by atoms with Gasteiger partial charge in [0.15, 0.2) is 0 Å². The quantitative estimate of drug-likeness (QED) is 0.0533. The van der Waals surface area contributed by atoms with Crippen LogP contribution in [-0.4, -0.2) is 0 Å². The Morgan fingerprint density at radius 1 is 0.101 bits per heavy atom. The van der Waals surface area contributed by atoms with Crippen LogP contribution < -0.4 is 0 Å². The summed E-state index contributed by atoms with van der Waals surface area (Å²) >= 11 is 0. The molecular weight excluding hydrogens is 3690 g/mol. The van der Waals surface area contributed by atoms with Gasteiger partial charge in [-0.15, -0.1) is 518 Å². The molecule has 0 nitrogen and oxygen atoms in total. The highest BCUT2D eigenvalue weighted by Crippen LogP contribution is 3.57. The summed E-state index contributed by atoms with van der Waals surface area (Å²) < 4.78 is 0. The van der Waals surface area contributed by atoms with Crippen molar-refractivity contribution in [1.82, 2.24) is 0 Å². The molecule has 0 aromatic heterocycles. The van der Waals surface area contributed by atoms with Crippen LogP contribution in [0.3, 0.4) is 0 Å². The number of rotatable bonds is 58. The first-order valence-electron chi connectivity index (χ1n) is 27.1. The summed E-state index contributed by atoms with van der Waals surface area (Å²) in [5.74, 6) is 0. The Labute approximate surface area is 933 Å². The van der Waals surface area contributed by atoms with Gasteiger partial charge in [-0.1, -0.05) is 25.8 Å². The molecule has 0 rings (SSSR count). The summed E-state index contributed by atoms with van der Waals surface area (Å²) in [6.45, 7) is -32.3. The summed E-state index contributed by atoms with van der Waals surface area (Å²) in [6, 6.07) is 0. The van der Waals surface area contributed by atoms with Crippen molar-refractivity contribution < 1.29 is 0 Å². The predicted molar refractivity (Wildman–Crippen MR) is 989 cm³/mol. The lowest BCUT2D eigenvalue weighted by Gasteiger charge is -2.65. The maximum absolute atomic E-state index is 5.16. The molecule has 0 saturated carbocycles. The Bertz CT molecular complexity index is 2070. The van der Waals surface area contributed by atoms with Crippen LogP contribution in [0.1, 0.15) is 0 Å². The van der Waals surface area contributed by atoms with Gasteiger partial charge in [-0.2, -0.15) is 0 Å². The van der Waals surface area contributed by atoms with Crippen LogP contribution in [0.5, 0.6) is 0 Å². The molecule has 0 heterocycles. The van der Waals surface area contributed by atoms with Crippen LogP contribution in [0.4, 0.5) is 0 Å². The standard InChI is InChI=1S/H119P119/c1-61-91(60)106(90(58)59)114(107(92(62(2)3)63(4)5)93(64(6)7)65(8)9)118(115(108(94(66(10)11)67(12)13)95(68(14)15)69(16)17)109(96(70(18)19)71(20)21)97(72(22)23)73(24)25)119(116(110(98(74(26)27)75(28)29)99(76(30)31)77(32)33)111(100(78(34)35)79(36)37)101(80(38)39)81(40)41)117(112(102(82(42)43)83(44)45)103(84(46)47)85(48)49)113(104(86(50)51)87(52)53)105(88(54)55)89(56)57/h1-2,61H,3-60H2. The van der Waals surface area contributed by atoms with Crippen LogP contribution in [0.15, 0.2) is 0 Å². The van der Waals surface area contributed by atoms with E-state index in [0.717, 1.165) is 7.96 Å². The van der Waals surface area contributed by atoms with Crippen LogP contribution in [0.2, 0.25) is 0 Å². The van der Waals surface area contributed by atoms with E-state index < -0.39 is 405 Å². The van der Waals surface area contributed by atoms with E-state index in [9.17, 15) is 0 Å². The average molecular weight is 3810 g/mol. The number of hydrogen-bond donors (Lipinski definition) is 0. The zero-order valence-corrected chi connectivity index (χ0v) is 183. The molecule has 119 heavy (non-hydrogen) atoms. The average Bonchev–Trinajstić information content (AvgIpc) is 0.701. The molecule has 0 aliphatic heterocycles. The molecule has 714 valence electrons. The molecule has 0 aromatic carbocycles. The molecule has 0 saturated heterocycles. The van der Waals surface area contributed by atoms with Gasteiger partial charge >= 0.3 is 0 Å². The van der Waals surface area contributed by atoms with Crippen molar-refractivity contribution >= 4 is 949 Å². The van der Waals surface area contributed by atoms with E-state index in [-0.39, 0.29) is 0 Å². The zero-order chi connectivity index (χ0) is 94.2. The fourth-order valence-corrected chi connectivity index (χ4v) is 1790. The molecule has 0 spiro atoms. The fourth-order valence-electron chi connectivity index (χ4n) is 7.37. The minimum absolute atomic E-state index is 0.505. The van der Waals surface area contributed by atoms with Gasteiger partial charge < -0.3 is 0 Å². The summed E-state index contributed by atoms with van der Waals surface area (Å²) in [6.07, 6.45) is 0. The molecule has 0 aliphatic rings. The molecule has 0 aliphatic carbocycles. The largest absolute Gasteiger partial charge is 0.102 e. The zero-order valence-electron chi connectivity index (χ0n) is 60.9. The topological polar surface area (TPSA) is 0 Å². The molecule has 0 aromatic rings. The van der Waals surface area contributed by atoms with E-state index in [1.807, 2.05) is 0 Å². The highest BCUT2D eigenvalue weighted by molar-refractivity contribution is 9.63. The van der Waals surface area contributed by atoms with Gasteiger partial charge in [0.1, 0.15) is 0 Å². The highest BCUT2D eigenvalue weighted by atomic mass is 33.7. The maximum atomic E-state index is 5.16. The molecule has 0 bridgehead atoms. The molecule has 0 N–H and O–H groups in total. The second-order valence-electron chi connectivity index (χ2n) is 19.0. The van der Waals surface area contributed by atoms with Gasteiger partial charge in [0.05, 0.1) is 0 Å². The Morgan fingerprint density at radius 2 is 0.168 bits per heavy atom. The van der Waals surface area contributed by atoms with Crippen molar-refractivity contribution in [3.63, 3.8) is 0 Å². The summed E-state index contributed by atoms with van der Waals surface area (Å²) in [5.41, 5.74) is 0. The Kier molecular flexibility index (Phi) is 134. The number of hydrogen-bond acceptors (Lipinski definition) is 0. The van der Waals surface area contributed by atoms with Gasteiger partial charge in [-0.25, -0.2) is 0 Å². The van der Waals surface area contributed by atoms with Crippen molar-refractivity contribution in [1.29, 1.82) is 0 Å². The van der Waals surface area contributed by atoms with Crippen LogP contribution in [-0.2, 0) is 0 Å². The van der Waals surface area contributed by atoms with Gasteiger partial charge in [-0.05, 0) is 405 Å². The van der Waals surface area contributed by atoms with Gasteiger partial charge in [0, 0.05) is 0 Å². The third-order valence-corrected chi connectivity index (χ3v) is 859. The lowest BCUT2D eigenvalue weighted by molar-refractivity contribution is 4.28. The summed E-state index contributed by atoms with van der Waals surface area (Å²) in [5, 5.41) is 0. The molecule has 119 heteroatoms.